The molecule has 1 heterocycles. The van der Waals surface area contributed by atoms with Gasteiger partial charge < -0.3 is 10.5 Å². The van der Waals surface area contributed by atoms with Gasteiger partial charge >= 0.3 is 5.97 Å². The molecule has 0 spiro atoms. The van der Waals surface area contributed by atoms with Crippen LogP contribution >= 0.6 is 0 Å². The van der Waals surface area contributed by atoms with Crippen molar-refractivity contribution in [3.8, 4) is 5.69 Å². The fourth-order valence-corrected chi connectivity index (χ4v) is 2.21. The van der Waals surface area contributed by atoms with Crippen LogP contribution in [-0.2, 0) is 14.8 Å². The second-order valence-corrected chi connectivity index (χ2v) is 5.72. The van der Waals surface area contributed by atoms with E-state index in [1.54, 1.807) is 6.92 Å². The summed E-state index contributed by atoms with van der Waals surface area (Å²) in [6, 6.07) is 3.98. The number of rotatable bonds is 4. The van der Waals surface area contributed by atoms with Crippen molar-refractivity contribution in [1.82, 2.24) is 9.78 Å². The second kappa shape index (κ2) is 5.54. The van der Waals surface area contributed by atoms with Crippen LogP contribution in [0.1, 0.15) is 17.3 Å². The highest BCUT2D eigenvalue weighted by molar-refractivity contribution is 7.89. The molecule has 1 aromatic heterocycles. The molecule has 0 atom stereocenters. The first-order valence-electron chi connectivity index (χ1n) is 5.97. The monoisotopic (exact) mass is 310 g/mol. The molecule has 0 bridgehead atoms. The van der Waals surface area contributed by atoms with Gasteiger partial charge in [-0.2, -0.15) is 5.10 Å². The number of nitrogens with zero attached hydrogens (tertiary/aromatic N) is 2. The third kappa shape index (κ3) is 3.20. The van der Waals surface area contributed by atoms with Crippen molar-refractivity contribution in [2.24, 2.45) is 5.14 Å². The highest BCUT2D eigenvalue weighted by Crippen LogP contribution is 2.21. The molecule has 0 saturated heterocycles. The zero-order valence-corrected chi connectivity index (χ0v) is 12.0. The molecule has 0 aliphatic carbocycles. The van der Waals surface area contributed by atoms with E-state index in [0.717, 1.165) is 0 Å². The minimum atomic E-state index is -3.86. The number of benzene rings is 1. The van der Waals surface area contributed by atoms with Gasteiger partial charge in [0.2, 0.25) is 10.0 Å². The van der Waals surface area contributed by atoms with Gasteiger partial charge in [-0.15, -0.1) is 0 Å². The SMILES string of the molecule is CCOC(=O)c1cnn(-c2cc(S(N)(=O)=O)ccc2N)c1. The van der Waals surface area contributed by atoms with E-state index in [1.807, 2.05) is 0 Å². The Balaban J connectivity index is 2.45. The molecule has 21 heavy (non-hydrogen) atoms. The van der Waals surface area contributed by atoms with Crippen LogP contribution in [0.5, 0.6) is 0 Å². The maximum atomic E-state index is 11.6. The van der Waals surface area contributed by atoms with Gasteiger partial charge in [-0.1, -0.05) is 0 Å². The number of nitrogens with two attached hydrogens (primary N) is 2. The Labute approximate surface area is 121 Å². The minimum absolute atomic E-state index is 0.0973. The summed E-state index contributed by atoms with van der Waals surface area (Å²) in [5.74, 6) is -0.523. The molecule has 9 heteroatoms. The van der Waals surface area contributed by atoms with Gasteiger partial charge in [0, 0.05) is 6.20 Å². The Kier molecular flexibility index (Phi) is 3.96. The smallest absolute Gasteiger partial charge is 0.341 e. The average molecular weight is 310 g/mol. The number of carbonyl (C=O) groups excluding carboxylic acids is 1. The molecule has 8 nitrogen and oxygen atoms in total. The number of anilines is 1. The van der Waals surface area contributed by atoms with Crippen molar-refractivity contribution in [1.29, 1.82) is 0 Å². The van der Waals surface area contributed by atoms with Gasteiger partial charge in [-0.05, 0) is 25.1 Å². The molecule has 2 rings (SSSR count). The van der Waals surface area contributed by atoms with Crippen molar-refractivity contribution < 1.29 is 17.9 Å². The summed E-state index contributed by atoms with van der Waals surface area (Å²) in [4.78, 5) is 11.5. The van der Waals surface area contributed by atoms with E-state index < -0.39 is 16.0 Å². The van der Waals surface area contributed by atoms with Gasteiger partial charge in [0.05, 0.1) is 34.6 Å². The first-order valence-corrected chi connectivity index (χ1v) is 7.52. The van der Waals surface area contributed by atoms with E-state index in [0.29, 0.717) is 11.4 Å². The Bertz CT molecular complexity index is 782. The van der Waals surface area contributed by atoms with Crippen LogP contribution < -0.4 is 10.9 Å². The van der Waals surface area contributed by atoms with Crippen LogP contribution in [0.15, 0.2) is 35.5 Å². The highest BCUT2D eigenvalue weighted by Gasteiger charge is 2.14. The quantitative estimate of drug-likeness (QED) is 0.616. The van der Waals surface area contributed by atoms with Crippen LogP contribution in [-0.4, -0.2) is 30.8 Å². The molecule has 0 aliphatic heterocycles. The Morgan fingerprint density at radius 3 is 2.76 bits per heavy atom. The van der Waals surface area contributed by atoms with E-state index in [1.165, 1.54) is 35.3 Å². The zero-order chi connectivity index (χ0) is 15.6. The molecule has 0 fully saturated rings. The minimum Gasteiger partial charge on any atom is -0.462 e. The number of esters is 1. The van der Waals surface area contributed by atoms with Crippen LogP contribution in [0.2, 0.25) is 0 Å². The molecule has 4 N–H and O–H groups in total. The predicted octanol–water partition coefficient (Wildman–Crippen LogP) is 0.279. The molecule has 0 amide bonds. The highest BCUT2D eigenvalue weighted by atomic mass is 32.2. The summed E-state index contributed by atoms with van der Waals surface area (Å²) in [6.45, 7) is 1.93. The lowest BCUT2D eigenvalue weighted by atomic mass is 10.2. The molecular formula is C12H14N4O4S. The maximum Gasteiger partial charge on any atom is 0.341 e. The second-order valence-electron chi connectivity index (χ2n) is 4.16. The lowest BCUT2D eigenvalue weighted by molar-refractivity contribution is 0.0526. The number of carbonyl (C=O) groups is 1. The number of ether oxygens (including phenoxy) is 1. The predicted molar refractivity (Wildman–Crippen MR) is 75.3 cm³/mol. The summed E-state index contributed by atoms with van der Waals surface area (Å²) >= 11 is 0. The van der Waals surface area contributed by atoms with Gasteiger partial charge in [-0.25, -0.2) is 23.0 Å². The fourth-order valence-electron chi connectivity index (χ4n) is 1.67. The first kappa shape index (κ1) is 15.0. The van der Waals surface area contributed by atoms with Crippen LogP contribution in [0, 0.1) is 0 Å². The van der Waals surface area contributed by atoms with Crippen molar-refractivity contribution in [3.63, 3.8) is 0 Å². The number of hydrogen-bond acceptors (Lipinski definition) is 6. The lowest BCUT2D eigenvalue weighted by Gasteiger charge is -2.07. The average Bonchev–Trinajstić information content (AvgIpc) is 2.87. The van der Waals surface area contributed by atoms with Crippen molar-refractivity contribution in [2.45, 2.75) is 11.8 Å². The normalized spacial score (nSPS) is 11.3. The molecule has 0 radical (unpaired) electrons. The molecule has 112 valence electrons. The molecule has 0 aliphatic rings. The lowest BCUT2D eigenvalue weighted by Crippen LogP contribution is -2.13. The molecule has 0 unspecified atom stereocenters. The van der Waals surface area contributed by atoms with Crippen molar-refractivity contribution >= 4 is 21.7 Å². The van der Waals surface area contributed by atoms with E-state index in [2.05, 4.69) is 5.10 Å². The van der Waals surface area contributed by atoms with Gasteiger partial charge in [0.1, 0.15) is 0 Å². The molecular weight excluding hydrogens is 296 g/mol. The summed E-state index contributed by atoms with van der Waals surface area (Å²) in [5, 5.41) is 9.05. The summed E-state index contributed by atoms with van der Waals surface area (Å²) in [6.07, 6.45) is 2.71. The third-order valence-corrected chi connectivity index (χ3v) is 3.58. The van der Waals surface area contributed by atoms with Crippen molar-refractivity contribution in [3.05, 3.63) is 36.2 Å². The van der Waals surface area contributed by atoms with Crippen LogP contribution in [0.25, 0.3) is 5.69 Å². The topological polar surface area (TPSA) is 130 Å². The molecule has 1 aromatic carbocycles. The third-order valence-electron chi connectivity index (χ3n) is 2.67. The van der Waals surface area contributed by atoms with E-state index in [-0.39, 0.29) is 17.1 Å². The maximum absolute atomic E-state index is 11.6. The van der Waals surface area contributed by atoms with Crippen LogP contribution in [0.3, 0.4) is 0 Å². The summed E-state index contributed by atoms with van der Waals surface area (Å²) in [7, 11) is -3.86. The Morgan fingerprint density at radius 2 is 2.14 bits per heavy atom. The summed E-state index contributed by atoms with van der Waals surface area (Å²) in [5.41, 5.74) is 6.63. The van der Waals surface area contributed by atoms with Crippen LogP contribution in [0.4, 0.5) is 5.69 Å². The Morgan fingerprint density at radius 1 is 1.43 bits per heavy atom. The standard InChI is InChI=1S/C12H14N4O4S/c1-2-20-12(17)8-6-15-16(7-8)11-5-9(21(14,18)19)3-4-10(11)13/h3-7H,2,13H2,1H3,(H2,14,18,19). The first-order chi connectivity index (χ1) is 9.82. The van der Waals surface area contributed by atoms with E-state index >= 15 is 0 Å². The zero-order valence-electron chi connectivity index (χ0n) is 11.2. The number of aromatic nitrogens is 2. The number of hydrogen-bond donors (Lipinski definition) is 2. The summed E-state index contributed by atoms with van der Waals surface area (Å²) < 4.78 is 28.9. The van der Waals surface area contributed by atoms with Gasteiger partial charge in [0.25, 0.3) is 0 Å². The largest absolute Gasteiger partial charge is 0.462 e. The van der Waals surface area contributed by atoms with E-state index in [9.17, 15) is 13.2 Å². The number of primary sulfonamides is 1. The van der Waals surface area contributed by atoms with Gasteiger partial charge in [0.15, 0.2) is 0 Å². The fraction of sp³-hybridized carbons (Fsp3) is 0.167. The Hall–Kier alpha value is -2.39. The number of sulfonamides is 1. The number of nitrogen functional groups attached to an aromatic ring is 1. The molecule has 2 aromatic rings. The van der Waals surface area contributed by atoms with Gasteiger partial charge in [-0.3, -0.25) is 0 Å². The van der Waals surface area contributed by atoms with Crippen molar-refractivity contribution in [2.75, 3.05) is 12.3 Å². The van der Waals surface area contributed by atoms with E-state index in [4.69, 9.17) is 15.6 Å². The molecule has 0 saturated carbocycles.